The summed E-state index contributed by atoms with van der Waals surface area (Å²) >= 11 is 6.76. The van der Waals surface area contributed by atoms with E-state index in [4.69, 9.17) is 12.2 Å². The number of carbonyl (C=O) groups excluding carboxylic acids is 3. The van der Waals surface area contributed by atoms with Crippen molar-refractivity contribution in [3.05, 3.63) is 64.6 Å². The Morgan fingerprint density at radius 2 is 1.75 bits per heavy atom. The third-order valence-electron chi connectivity index (χ3n) is 6.70. The lowest BCUT2D eigenvalue weighted by atomic mass is 9.98. The summed E-state index contributed by atoms with van der Waals surface area (Å²) in [7, 11) is 0. The first kappa shape index (κ1) is 26.1. The minimum atomic E-state index is -0.352. The predicted octanol–water partition coefficient (Wildman–Crippen LogP) is 5.77. The van der Waals surface area contributed by atoms with Crippen molar-refractivity contribution in [1.29, 1.82) is 0 Å². The van der Waals surface area contributed by atoms with E-state index in [2.05, 4.69) is 19.2 Å². The molecule has 2 aliphatic heterocycles. The lowest BCUT2D eigenvalue weighted by Gasteiger charge is -2.21. The Labute approximate surface area is 222 Å². The molecule has 6 nitrogen and oxygen atoms in total. The normalized spacial score (nSPS) is 18.1. The van der Waals surface area contributed by atoms with Crippen molar-refractivity contribution in [1.82, 2.24) is 4.90 Å². The monoisotopic (exact) mass is 521 g/mol. The fourth-order valence-corrected chi connectivity index (χ4v) is 5.93. The summed E-state index contributed by atoms with van der Waals surface area (Å²) in [5.74, 6) is -0.507. The van der Waals surface area contributed by atoms with Crippen molar-refractivity contribution in [2.24, 2.45) is 5.92 Å². The van der Waals surface area contributed by atoms with Crippen LogP contribution in [0.4, 0.5) is 11.4 Å². The molecule has 3 amide bonds. The first-order valence-electron chi connectivity index (χ1n) is 12.4. The maximum absolute atomic E-state index is 13.6. The molecule has 1 fully saturated rings. The van der Waals surface area contributed by atoms with Gasteiger partial charge in [0.05, 0.1) is 16.2 Å². The molecule has 8 heteroatoms. The van der Waals surface area contributed by atoms with Crippen LogP contribution in [-0.2, 0) is 14.4 Å². The van der Waals surface area contributed by atoms with E-state index in [9.17, 15) is 14.4 Å². The number of anilines is 2. The van der Waals surface area contributed by atoms with Gasteiger partial charge in [0.15, 0.2) is 0 Å². The van der Waals surface area contributed by atoms with E-state index >= 15 is 0 Å². The van der Waals surface area contributed by atoms with Gasteiger partial charge in [0.1, 0.15) is 10.9 Å². The van der Waals surface area contributed by atoms with Crippen LogP contribution in [0, 0.1) is 12.8 Å². The fourth-order valence-electron chi connectivity index (χ4n) is 4.59. The minimum Gasteiger partial charge on any atom is -0.324 e. The Morgan fingerprint density at radius 1 is 1.03 bits per heavy atom. The molecule has 1 N–H and O–H groups in total. The topological polar surface area (TPSA) is 69.7 Å². The van der Waals surface area contributed by atoms with Crippen LogP contribution in [0.5, 0.6) is 0 Å². The molecule has 2 aromatic carbocycles. The number of fused-ring (bicyclic) bond motifs is 1. The largest absolute Gasteiger partial charge is 0.324 e. The van der Waals surface area contributed by atoms with Crippen LogP contribution in [-0.4, -0.2) is 40.0 Å². The molecule has 1 atom stereocenters. The van der Waals surface area contributed by atoms with Crippen LogP contribution in [0.25, 0.3) is 5.57 Å². The SMILES string of the molecule is CCCC[C@H](CC)CN1C(=O)/C(=C2/C(=O)N(CC(=O)Nc3ccccc3C)c3ccccc32)SC1=S. The zero-order valence-corrected chi connectivity index (χ0v) is 22.5. The van der Waals surface area contributed by atoms with E-state index in [1.54, 1.807) is 11.0 Å². The third-order valence-corrected chi connectivity index (χ3v) is 8.15. The average molecular weight is 522 g/mol. The molecule has 0 radical (unpaired) electrons. The predicted molar refractivity (Wildman–Crippen MR) is 151 cm³/mol. The number of amides is 3. The number of nitrogens with one attached hydrogen (secondary N) is 1. The van der Waals surface area contributed by atoms with Crippen LogP contribution >= 0.6 is 24.0 Å². The van der Waals surface area contributed by atoms with E-state index in [1.165, 1.54) is 16.7 Å². The van der Waals surface area contributed by atoms with Crippen LogP contribution in [0.2, 0.25) is 0 Å². The Balaban J connectivity index is 1.60. The highest BCUT2D eigenvalue weighted by atomic mass is 32.2. The van der Waals surface area contributed by atoms with Gasteiger partial charge in [-0.1, -0.05) is 93.5 Å². The summed E-state index contributed by atoms with van der Waals surface area (Å²) in [4.78, 5) is 43.5. The number of nitrogens with zero attached hydrogens (tertiary/aromatic N) is 2. The summed E-state index contributed by atoms with van der Waals surface area (Å²) in [6.07, 6.45) is 4.23. The second-order valence-electron chi connectivity index (χ2n) is 9.18. The number of benzene rings is 2. The molecule has 0 aromatic heterocycles. The summed E-state index contributed by atoms with van der Waals surface area (Å²) < 4.78 is 0.485. The number of carbonyl (C=O) groups is 3. The molecular formula is C28H31N3O3S2. The Hall–Kier alpha value is -2.97. The zero-order valence-electron chi connectivity index (χ0n) is 20.9. The maximum atomic E-state index is 13.6. The number of aryl methyl sites for hydroxylation is 1. The highest BCUT2D eigenvalue weighted by Crippen LogP contribution is 2.44. The van der Waals surface area contributed by atoms with E-state index in [0.29, 0.717) is 44.2 Å². The molecule has 0 unspecified atom stereocenters. The molecule has 1 saturated heterocycles. The van der Waals surface area contributed by atoms with Gasteiger partial charge in [0, 0.05) is 17.8 Å². The Kier molecular flexibility index (Phi) is 8.26. The van der Waals surface area contributed by atoms with Crippen molar-refractivity contribution in [2.75, 3.05) is 23.3 Å². The lowest BCUT2D eigenvalue weighted by Crippen LogP contribution is -2.36. The maximum Gasteiger partial charge on any atom is 0.267 e. The first-order chi connectivity index (χ1) is 17.3. The highest BCUT2D eigenvalue weighted by molar-refractivity contribution is 8.26. The Bertz CT molecular complexity index is 1240. The number of para-hydroxylation sites is 2. The van der Waals surface area contributed by atoms with Gasteiger partial charge < -0.3 is 5.32 Å². The third kappa shape index (κ3) is 5.25. The molecule has 0 saturated carbocycles. The van der Waals surface area contributed by atoms with E-state index in [1.807, 2.05) is 49.4 Å². The number of thiocarbonyl (C=S) groups is 1. The quantitative estimate of drug-likeness (QED) is 0.335. The van der Waals surface area contributed by atoms with Gasteiger partial charge in [0.25, 0.3) is 11.8 Å². The van der Waals surface area contributed by atoms with Gasteiger partial charge in [-0.3, -0.25) is 24.2 Å². The molecule has 0 aliphatic carbocycles. The summed E-state index contributed by atoms with van der Waals surface area (Å²) in [6.45, 7) is 6.62. The van der Waals surface area contributed by atoms with Crippen molar-refractivity contribution < 1.29 is 14.4 Å². The number of hydrogen-bond donors (Lipinski definition) is 1. The van der Waals surface area contributed by atoms with Crippen molar-refractivity contribution in [2.45, 2.75) is 46.5 Å². The molecular weight excluding hydrogens is 490 g/mol. The molecule has 0 spiro atoms. The van der Waals surface area contributed by atoms with Gasteiger partial charge in [0.2, 0.25) is 5.91 Å². The van der Waals surface area contributed by atoms with Gasteiger partial charge in [-0.15, -0.1) is 0 Å². The molecule has 2 aliphatic rings. The molecule has 0 bridgehead atoms. The number of thioether (sulfide) groups is 1. The summed E-state index contributed by atoms with van der Waals surface area (Å²) in [5.41, 5.74) is 3.25. The zero-order chi connectivity index (χ0) is 25.8. The van der Waals surface area contributed by atoms with E-state index < -0.39 is 0 Å². The molecule has 4 rings (SSSR count). The summed E-state index contributed by atoms with van der Waals surface area (Å²) in [5, 5.41) is 2.89. The van der Waals surface area contributed by atoms with E-state index in [-0.39, 0.29) is 24.3 Å². The second-order valence-corrected chi connectivity index (χ2v) is 10.8. The lowest BCUT2D eigenvalue weighted by molar-refractivity contribution is -0.123. The molecule has 36 heavy (non-hydrogen) atoms. The Morgan fingerprint density at radius 3 is 2.47 bits per heavy atom. The van der Waals surface area contributed by atoms with Crippen LogP contribution in [0.1, 0.15) is 50.7 Å². The summed E-state index contributed by atoms with van der Waals surface area (Å²) in [6, 6.07) is 14.8. The highest BCUT2D eigenvalue weighted by Gasteiger charge is 2.42. The number of rotatable bonds is 9. The van der Waals surface area contributed by atoms with Crippen LogP contribution in [0.3, 0.4) is 0 Å². The van der Waals surface area contributed by atoms with E-state index in [0.717, 1.165) is 31.2 Å². The van der Waals surface area contributed by atoms with Crippen molar-refractivity contribution in [3.63, 3.8) is 0 Å². The van der Waals surface area contributed by atoms with Crippen molar-refractivity contribution in [3.8, 4) is 0 Å². The fraction of sp³-hybridized carbons (Fsp3) is 0.357. The molecule has 2 aromatic rings. The van der Waals surface area contributed by atoms with Gasteiger partial charge in [-0.2, -0.15) is 0 Å². The number of unbranched alkanes of at least 4 members (excludes halogenated alkanes) is 1. The van der Waals surface area contributed by atoms with Crippen molar-refractivity contribution >= 4 is 63.0 Å². The minimum absolute atomic E-state index is 0.150. The van der Waals surface area contributed by atoms with Gasteiger partial charge in [-0.25, -0.2) is 0 Å². The average Bonchev–Trinajstić information content (AvgIpc) is 3.30. The molecule has 2 heterocycles. The smallest absolute Gasteiger partial charge is 0.267 e. The standard InChI is InChI=1S/C28H31N3O3S2/c1-4-6-12-19(5-2)16-31-27(34)25(36-28(31)35)24-20-13-8-10-15-22(20)30(26(24)33)17-23(32)29-21-14-9-7-11-18(21)3/h7-11,13-15,19H,4-6,12,16-17H2,1-3H3,(H,29,32)/b25-24-/t19-/m0/s1. The first-order valence-corrected chi connectivity index (χ1v) is 13.6. The van der Waals surface area contributed by atoms with Gasteiger partial charge in [-0.05, 0) is 37.0 Å². The van der Waals surface area contributed by atoms with Crippen LogP contribution < -0.4 is 10.2 Å². The van der Waals surface area contributed by atoms with Gasteiger partial charge >= 0.3 is 0 Å². The second kappa shape index (κ2) is 11.4. The molecule has 188 valence electrons. The van der Waals surface area contributed by atoms with Crippen LogP contribution in [0.15, 0.2) is 53.4 Å². The number of hydrogen-bond acceptors (Lipinski definition) is 5.